The molecule has 5 nitrogen and oxygen atoms in total. The first kappa shape index (κ1) is 16.2. The van der Waals surface area contributed by atoms with Crippen molar-refractivity contribution in [2.75, 3.05) is 18.5 Å². The van der Waals surface area contributed by atoms with Gasteiger partial charge in [-0.15, -0.1) is 0 Å². The van der Waals surface area contributed by atoms with Crippen LogP contribution in [0.15, 0.2) is 0 Å². The molecule has 0 spiro atoms. The molecule has 1 atom stereocenters. The number of aromatic nitrogens is 2. The van der Waals surface area contributed by atoms with Crippen molar-refractivity contribution in [1.29, 1.82) is 0 Å². The maximum atomic E-state index is 12.1. The Balaban J connectivity index is 2.19. The topological polar surface area (TPSA) is 66.3 Å². The molecule has 1 aromatic rings. The van der Waals surface area contributed by atoms with E-state index in [1.54, 1.807) is 4.90 Å². The first-order chi connectivity index (χ1) is 9.67. The molecule has 0 saturated heterocycles. The number of carbonyl (C=O) groups is 1. The van der Waals surface area contributed by atoms with E-state index >= 15 is 0 Å². The minimum absolute atomic E-state index is 0.0284. The summed E-state index contributed by atoms with van der Waals surface area (Å²) < 4.78 is 0. The summed E-state index contributed by atoms with van der Waals surface area (Å²) in [6.07, 6.45) is 1.26. The lowest BCUT2D eigenvalue weighted by Gasteiger charge is -2.23. The number of aliphatic hydroxyl groups is 1. The summed E-state index contributed by atoms with van der Waals surface area (Å²) in [5.41, 5.74) is 1.47. The van der Waals surface area contributed by atoms with Crippen LogP contribution in [0.3, 0.4) is 0 Å². The number of hydrogen-bond donors (Lipinski definition) is 1. The fraction of sp³-hybridized carbons (Fsp3) is 0.667. The average molecular weight is 312 g/mol. The number of likely N-dealkylation sites (N-methyl/N-ethyl adjacent to an activating group) is 1. The van der Waals surface area contributed by atoms with E-state index in [0.29, 0.717) is 30.8 Å². The Morgan fingerprint density at radius 3 is 2.71 bits per heavy atom. The van der Waals surface area contributed by atoms with Crippen LogP contribution in [0.5, 0.6) is 0 Å². The van der Waals surface area contributed by atoms with Gasteiger partial charge >= 0.3 is 0 Å². The molecule has 116 valence electrons. The Kier molecular flexibility index (Phi) is 4.54. The van der Waals surface area contributed by atoms with Gasteiger partial charge in [-0.1, -0.05) is 20.8 Å². The third kappa shape index (κ3) is 3.92. The van der Waals surface area contributed by atoms with Gasteiger partial charge in [-0.05, 0) is 29.9 Å². The number of ketones is 1. The van der Waals surface area contributed by atoms with Gasteiger partial charge < -0.3 is 10.0 Å². The van der Waals surface area contributed by atoms with Crippen LogP contribution in [0.1, 0.15) is 51.0 Å². The second-order valence-corrected chi connectivity index (χ2v) is 7.20. The number of aliphatic hydroxyl groups excluding tert-OH is 1. The predicted octanol–water partition coefficient (Wildman–Crippen LogP) is 2.55. The number of carbonyl (C=O) groups excluding carboxylic acids is 1. The quantitative estimate of drug-likeness (QED) is 0.866. The monoisotopic (exact) mass is 311 g/mol. The third-order valence-electron chi connectivity index (χ3n) is 3.48. The highest BCUT2D eigenvalue weighted by Gasteiger charge is 2.28. The van der Waals surface area contributed by atoms with Gasteiger partial charge in [-0.2, -0.15) is 0 Å². The summed E-state index contributed by atoms with van der Waals surface area (Å²) in [5, 5.41) is 10.0. The molecule has 1 heterocycles. The fourth-order valence-corrected chi connectivity index (χ4v) is 2.87. The molecule has 2 rings (SSSR count). The minimum Gasteiger partial charge on any atom is -0.387 e. The molecule has 0 saturated carbocycles. The number of nitrogens with zero attached hydrogens (tertiary/aromatic N) is 3. The van der Waals surface area contributed by atoms with E-state index < -0.39 is 6.10 Å². The number of Topliss-reactive ketones (excluding diaryl/α,β-unsaturated/α-hetero) is 1. The van der Waals surface area contributed by atoms with Crippen molar-refractivity contribution in [3.63, 3.8) is 0 Å². The Hall–Kier alpha value is -1.20. The van der Waals surface area contributed by atoms with Gasteiger partial charge in [0.2, 0.25) is 5.28 Å². The SMILES string of the molecule is CN(CC(=O)CC(C)(C)C)c1nc(Cl)nc2c1CCC2O. The van der Waals surface area contributed by atoms with Gasteiger partial charge in [0.05, 0.1) is 18.3 Å². The molecule has 1 aliphatic rings. The van der Waals surface area contributed by atoms with Crippen molar-refractivity contribution in [3.8, 4) is 0 Å². The molecule has 1 aromatic heterocycles. The van der Waals surface area contributed by atoms with E-state index in [-0.39, 0.29) is 23.0 Å². The summed E-state index contributed by atoms with van der Waals surface area (Å²) in [4.78, 5) is 22.3. The number of fused-ring (bicyclic) bond motifs is 1. The molecule has 0 fully saturated rings. The van der Waals surface area contributed by atoms with Crippen LogP contribution in [-0.2, 0) is 11.2 Å². The van der Waals surface area contributed by atoms with Crippen LogP contribution in [-0.4, -0.2) is 34.5 Å². The molecular formula is C15H22ClN3O2. The van der Waals surface area contributed by atoms with Crippen molar-refractivity contribution < 1.29 is 9.90 Å². The first-order valence-electron chi connectivity index (χ1n) is 7.14. The molecule has 21 heavy (non-hydrogen) atoms. The van der Waals surface area contributed by atoms with Crippen molar-refractivity contribution in [2.45, 2.75) is 46.1 Å². The first-order valence-corrected chi connectivity index (χ1v) is 7.52. The third-order valence-corrected chi connectivity index (χ3v) is 3.65. The Labute approximate surface area is 130 Å². The number of anilines is 1. The molecular weight excluding hydrogens is 290 g/mol. The van der Waals surface area contributed by atoms with E-state index in [4.69, 9.17) is 11.6 Å². The van der Waals surface area contributed by atoms with Crippen LogP contribution >= 0.6 is 11.6 Å². The second kappa shape index (κ2) is 5.89. The minimum atomic E-state index is -0.585. The smallest absolute Gasteiger partial charge is 0.224 e. The molecule has 0 bridgehead atoms. The second-order valence-electron chi connectivity index (χ2n) is 6.87. The van der Waals surface area contributed by atoms with Crippen LogP contribution in [0, 0.1) is 5.41 Å². The number of hydrogen-bond acceptors (Lipinski definition) is 5. The maximum absolute atomic E-state index is 12.1. The largest absolute Gasteiger partial charge is 0.387 e. The van der Waals surface area contributed by atoms with Crippen molar-refractivity contribution in [1.82, 2.24) is 9.97 Å². The molecule has 0 aliphatic heterocycles. The van der Waals surface area contributed by atoms with Gasteiger partial charge in [-0.25, -0.2) is 9.97 Å². The zero-order chi connectivity index (χ0) is 15.8. The average Bonchev–Trinajstić information content (AvgIpc) is 2.67. The lowest BCUT2D eigenvalue weighted by Crippen LogP contribution is -2.29. The van der Waals surface area contributed by atoms with Crippen molar-refractivity contribution in [3.05, 3.63) is 16.5 Å². The Morgan fingerprint density at radius 1 is 1.43 bits per heavy atom. The van der Waals surface area contributed by atoms with Gasteiger partial charge in [-0.3, -0.25) is 4.79 Å². The van der Waals surface area contributed by atoms with Gasteiger partial charge in [0.25, 0.3) is 0 Å². The summed E-state index contributed by atoms with van der Waals surface area (Å²) in [7, 11) is 1.82. The summed E-state index contributed by atoms with van der Waals surface area (Å²) in [5.74, 6) is 0.816. The molecule has 0 radical (unpaired) electrons. The Bertz CT molecular complexity index is 555. The van der Waals surface area contributed by atoms with Crippen LogP contribution < -0.4 is 4.90 Å². The lowest BCUT2D eigenvalue weighted by molar-refractivity contribution is -0.119. The maximum Gasteiger partial charge on any atom is 0.224 e. The zero-order valence-corrected chi connectivity index (χ0v) is 13.7. The fourth-order valence-electron chi connectivity index (χ4n) is 2.70. The van der Waals surface area contributed by atoms with Crippen molar-refractivity contribution >= 4 is 23.2 Å². The van der Waals surface area contributed by atoms with Crippen LogP contribution in [0.25, 0.3) is 0 Å². The summed E-state index contributed by atoms with van der Waals surface area (Å²) in [6, 6.07) is 0. The van der Waals surface area contributed by atoms with E-state index in [9.17, 15) is 9.90 Å². The molecule has 6 heteroatoms. The number of rotatable bonds is 4. The van der Waals surface area contributed by atoms with Crippen LogP contribution in [0.2, 0.25) is 5.28 Å². The summed E-state index contributed by atoms with van der Waals surface area (Å²) >= 11 is 5.94. The molecule has 1 aliphatic carbocycles. The molecule has 0 aromatic carbocycles. The molecule has 0 amide bonds. The van der Waals surface area contributed by atoms with E-state index in [1.807, 2.05) is 27.8 Å². The highest BCUT2D eigenvalue weighted by Crippen LogP contribution is 2.35. The van der Waals surface area contributed by atoms with Gasteiger partial charge in [0.15, 0.2) is 5.78 Å². The van der Waals surface area contributed by atoms with E-state index in [1.165, 1.54) is 0 Å². The predicted molar refractivity (Wildman–Crippen MR) is 82.7 cm³/mol. The standard InChI is InChI=1S/C15H22ClN3O2/c1-15(2,3)7-9(20)8-19(4)13-10-5-6-11(21)12(10)17-14(16)18-13/h11,21H,5-8H2,1-4H3. The van der Waals surface area contributed by atoms with Gasteiger partial charge in [0, 0.05) is 19.0 Å². The highest BCUT2D eigenvalue weighted by molar-refractivity contribution is 6.28. The molecule has 1 unspecified atom stereocenters. The van der Waals surface area contributed by atoms with Gasteiger partial charge in [0.1, 0.15) is 5.82 Å². The van der Waals surface area contributed by atoms with E-state index in [0.717, 1.165) is 5.56 Å². The van der Waals surface area contributed by atoms with Crippen LogP contribution in [0.4, 0.5) is 5.82 Å². The Morgan fingerprint density at radius 2 is 2.10 bits per heavy atom. The zero-order valence-electron chi connectivity index (χ0n) is 13.0. The lowest BCUT2D eigenvalue weighted by atomic mass is 9.90. The number of halogens is 1. The molecule has 1 N–H and O–H groups in total. The van der Waals surface area contributed by atoms with E-state index in [2.05, 4.69) is 9.97 Å². The normalized spacial score (nSPS) is 17.7. The highest BCUT2D eigenvalue weighted by atomic mass is 35.5. The van der Waals surface area contributed by atoms with Crippen molar-refractivity contribution in [2.24, 2.45) is 5.41 Å². The summed E-state index contributed by atoms with van der Waals surface area (Å²) in [6.45, 7) is 6.41.